The number of hydrogen-bond acceptors (Lipinski definition) is 3. The first-order valence-corrected chi connectivity index (χ1v) is 8.97. The van der Waals surface area contributed by atoms with Crippen LogP contribution in [0.3, 0.4) is 0 Å². The van der Waals surface area contributed by atoms with Crippen LogP contribution in [0.15, 0.2) is 60.7 Å². The molecule has 0 bridgehead atoms. The second kappa shape index (κ2) is 9.73. The van der Waals surface area contributed by atoms with Crippen molar-refractivity contribution in [3.8, 4) is 0 Å². The summed E-state index contributed by atoms with van der Waals surface area (Å²) in [4.78, 5) is 25.1. The molecule has 4 N–H and O–H groups in total. The second-order valence-electron chi connectivity index (χ2n) is 6.47. The van der Waals surface area contributed by atoms with Gasteiger partial charge in [0.2, 0.25) is 5.91 Å². The first kappa shape index (κ1) is 19.7. The van der Waals surface area contributed by atoms with Gasteiger partial charge in [0.25, 0.3) is 5.91 Å². The minimum Gasteiger partial charge on any atom is -0.352 e. The third-order valence-electron chi connectivity index (χ3n) is 4.54. The Balaban J connectivity index is 1.99. The summed E-state index contributed by atoms with van der Waals surface area (Å²) in [7, 11) is 0. The van der Waals surface area contributed by atoms with Crippen LogP contribution in [0.1, 0.15) is 42.2 Å². The molecule has 0 spiro atoms. The molecule has 0 fully saturated rings. The monoisotopic (exact) mass is 353 g/mol. The van der Waals surface area contributed by atoms with Gasteiger partial charge in [-0.2, -0.15) is 0 Å². The van der Waals surface area contributed by atoms with Crippen molar-refractivity contribution in [3.05, 3.63) is 71.8 Å². The van der Waals surface area contributed by atoms with Crippen LogP contribution in [0.5, 0.6) is 0 Å². The predicted molar refractivity (Wildman–Crippen MR) is 104 cm³/mol. The number of carbonyl (C=O) groups is 2. The molecule has 0 aliphatic rings. The summed E-state index contributed by atoms with van der Waals surface area (Å²) in [5.41, 5.74) is 7.64. The van der Waals surface area contributed by atoms with Gasteiger partial charge in [-0.1, -0.05) is 68.8 Å². The fourth-order valence-electron chi connectivity index (χ4n) is 2.65. The van der Waals surface area contributed by atoms with Crippen molar-refractivity contribution in [2.24, 2.45) is 11.7 Å². The molecule has 5 nitrogen and oxygen atoms in total. The van der Waals surface area contributed by atoms with Crippen molar-refractivity contribution < 1.29 is 9.59 Å². The lowest BCUT2D eigenvalue weighted by molar-refractivity contribution is -0.124. The van der Waals surface area contributed by atoms with Gasteiger partial charge in [-0.25, -0.2) is 0 Å². The number of amides is 2. The fraction of sp³-hybridized carbons (Fsp3) is 0.333. The van der Waals surface area contributed by atoms with Gasteiger partial charge in [-0.05, 0) is 23.6 Å². The first-order chi connectivity index (χ1) is 12.5. The molecule has 0 aromatic heterocycles. The summed E-state index contributed by atoms with van der Waals surface area (Å²) in [6, 6.07) is 17.6. The van der Waals surface area contributed by atoms with Gasteiger partial charge in [0.15, 0.2) is 0 Å². The number of benzene rings is 2. The largest absolute Gasteiger partial charge is 0.352 e. The molecule has 0 heterocycles. The number of nitrogens with two attached hydrogens (primary N) is 1. The Morgan fingerprint density at radius 1 is 1.00 bits per heavy atom. The van der Waals surface area contributed by atoms with Crippen LogP contribution in [0.4, 0.5) is 0 Å². The van der Waals surface area contributed by atoms with Crippen molar-refractivity contribution in [1.82, 2.24) is 10.6 Å². The lowest BCUT2D eigenvalue weighted by Gasteiger charge is -2.24. The Morgan fingerprint density at radius 2 is 1.58 bits per heavy atom. The average molecular weight is 353 g/mol. The highest BCUT2D eigenvalue weighted by atomic mass is 16.2. The van der Waals surface area contributed by atoms with Crippen molar-refractivity contribution in [3.63, 3.8) is 0 Å². The summed E-state index contributed by atoms with van der Waals surface area (Å²) < 4.78 is 0. The van der Waals surface area contributed by atoms with E-state index >= 15 is 0 Å². The molecule has 0 saturated heterocycles. The van der Waals surface area contributed by atoms with Crippen LogP contribution in [-0.2, 0) is 4.79 Å². The van der Waals surface area contributed by atoms with Crippen molar-refractivity contribution in [2.75, 3.05) is 6.54 Å². The third kappa shape index (κ3) is 5.43. The number of nitrogens with one attached hydrogen (secondary N) is 2. The quantitative estimate of drug-likeness (QED) is 0.682. The zero-order valence-corrected chi connectivity index (χ0v) is 15.3. The van der Waals surface area contributed by atoms with Crippen molar-refractivity contribution in [2.45, 2.75) is 32.4 Å². The van der Waals surface area contributed by atoms with Crippen LogP contribution in [-0.4, -0.2) is 24.4 Å². The minimum atomic E-state index is -0.601. The Kier molecular flexibility index (Phi) is 7.36. The molecule has 2 rings (SSSR count). The second-order valence-corrected chi connectivity index (χ2v) is 6.47. The molecule has 0 radical (unpaired) electrons. The first-order valence-electron chi connectivity index (χ1n) is 8.97. The van der Waals surface area contributed by atoms with Crippen molar-refractivity contribution >= 4 is 11.8 Å². The number of hydrogen-bond donors (Lipinski definition) is 3. The van der Waals surface area contributed by atoms with Crippen LogP contribution in [0.2, 0.25) is 0 Å². The van der Waals surface area contributed by atoms with Gasteiger partial charge in [-0.3, -0.25) is 9.59 Å². The molecule has 26 heavy (non-hydrogen) atoms. The van der Waals surface area contributed by atoms with Gasteiger partial charge >= 0.3 is 0 Å². The van der Waals surface area contributed by atoms with Gasteiger partial charge in [-0.15, -0.1) is 0 Å². The van der Waals surface area contributed by atoms with Crippen molar-refractivity contribution in [1.29, 1.82) is 0 Å². The summed E-state index contributed by atoms with van der Waals surface area (Å²) in [6.07, 6.45) is 0.776. The Bertz CT molecular complexity index is 704. The maximum Gasteiger partial charge on any atom is 0.251 e. The third-order valence-corrected chi connectivity index (χ3v) is 4.54. The highest BCUT2D eigenvalue weighted by molar-refractivity contribution is 5.97. The zero-order chi connectivity index (χ0) is 18.9. The van der Waals surface area contributed by atoms with E-state index in [1.165, 1.54) is 0 Å². The molecule has 5 heteroatoms. The smallest absolute Gasteiger partial charge is 0.251 e. The molecule has 3 atom stereocenters. The van der Waals surface area contributed by atoms with Gasteiger partial charge in [0.1, 0.15) is 6.04 Å². The standard InChI is InChI=1S/C21H27N3O2/c1-3-15(2)19(24-20(25)17-12-8-5-9-13-17)21(26)23-14-18(22)16-10-6-4-7-11-16/h4-13,15,18-19H,3,14,22H2,1-2H3,(H,23,26)(H,24,25). The van der Waals surface area contributed by atoms with Crippen LogP contribution < -0.4 is 16.4 Å². The molecule has 0 aliphatic heterocycles. The van der Waals surface area contributed by atoms with E-state index in [1.807, 2.05) is 50.2 Å². The van der Waals surface area contributed by atoms with E-state index in [1.54, 1.807) is 24.3 Å². The van der Waals surface area contributed by atoms with E-state index in [0.717, 1.165) is 12.0 Å². The molecular weight excluding hydrogens is 326 g/mol. The molecule has 2 aromatic rings. The van der Waals surface area contributed by atoms with Gasteiger partial charge in [0, 0.05) is 18.2 Å². The lowest BCUT2D eigenvalue weighted by Crippen LogP contribution is -2.51. The van der Waals surface area contributed by atoms with E-state index < -0.39 is 6.04 Å². The highest BCUT2D eigenvalue weighted by Gasteiger charge is 2.26. The maximum atomic E-state index is 12.7. The zero-order valence-electron chi connectivity index (χ0n) is 15.3. The predicted octanol–water partition coefficient (Wildman–Crippen LogP) is 2.65. The van der Waals surface area contributed by atoms with E-state index in [4.69, 9.17) is 5.73 Å². The van der Waals surface area contributed by atoms with E-state index in [-0.39, 0.29) is 23.8 Å². The Morgan fingerprint density at radius 3 is 2.15 bits per heavy atom. The fourth-order valence-corrected chi connectivity index (χ4v) is 2.65. The number of rotatable bonds is 8. The molecule has 3 unspecified atom stereocenters. The summed E-state index contributed by atoms with van der Waals surface area (Å²) in [6.45, 7) is 4.26. The molecule has 2 amide bonds. The minimum absolute atomic E-state index is 0.00983. The normalized spacial score (nSPS) is 14.1. The van der Waals surface area contributed by atoms with Gasteiger partial charge < -0.3 is 16.4 Å². The molecule has 2 aromatic carbocycles. The maximum absolute atomic E-state index is 12.7. The van der Waals surface area contributed by atoms with E-state index in [9.17, 15) is 9.59 Å². The van der Waals surface area contributed by atoms with Crippen LogP contribution in [0, 0.1) is 5.92 Å². The molecular formula is C21H27N3O2. The summed E-state index contributed by atoms with van der Waals surface area (Å²) in [5.74, 6) is -0.455. The topological polar surface area (TPSA) is 84.2 Å². The average Bonchev–Trinajstić information content (AvgIpc) is 2.70. The Hall–Kier alpha value is -2.66. The SMILES string of the molecule is CCC(C)C(NC(=O)c1ccccc1)C(=O)NCC(N)c1ccccc1. The van der Waals surface area contributed by atoms with Crippen LogP contribution in [0.25, 0.3) is 0 Å². The van der Waals surface area contributed by atoms with E-state index in [2.05, 4.69) is 10.6 Å². The summed E-state index contributed by atoms with van der Waals surface area (Å²) in [5, 5.41) is 5.73. The van der Waals surface area contributed by atoms with Crippen LogP contribution >= 0.6 is 0 Å². The molecule has 0 aliphatic carbocycles. The molecule has 0 saturated carbocycles. The van der Waals surface area contributed by atoms with Gasteiger partial charge in [0.05, 0.1) is 0 Å². The molecule has 138 valence electrons. The Labute approximate surface area is 155 Å². The highest BCUT2D eigenvalue weighted by Crippen LogP contribution is 2.11. The van der Waals surface area contributed by atoms with E-state index in [0.29, 0.717) is 12.1 Å². The summed E-state index contributed by atoms with van der Waals surface area (Å²) >= 11 is 0. The lowest BCUT2D eigenvalue weighted by atomic mass is 9.97. The number of carbonyl (C=O) groups excluding carboxylic acids is 2.